The van der Waals surface area contributed by atoms with Crippen LogP contribution in [0.1, 0.15) is 37.6 Å². The third-order valence-corrected chi connectivity index (χ3v) is 3.39. The summed E-state index contributed by atoms with van der Waals surface area (Å²) in [6, 6.07) is 4.43. The topological polar surface area (TPSA) is 84.9 Å². The molecule has 0 saturated heterocycles. The summed E-state index contributed by atoms with van der Waals surface area (Å²) in [5.74, 6) is -0.981. The second-order valence-corrected chi connectivity index (χ2v) is 5.10. The van der Waals surface area contributed by atoms with E-state index in [0.29, 0.717) is 23.7 Å². The molecule has 0 radical (unpaired) electrons. The Morgan fingerprint density at radius 3 is 2.55 bits per heavy atom. The smallest absolute Gasteiger partial charge is 0.308 e. The number of carboxylic acid groups (broad SMARTS) is 1. The van der Waals surface area contributed by atoms with Crippen molar-refractivity contribution < 1.29 is 24.2 Å². The number of benzene rings is 1. The summed E-state index contributed by atoms with van der Waals surface area (Å²) in [7, 11) is 1.54. The number of carboxylic acids is 1. The van der Waals surface area contributed by atoms with Crippen molar-refractivity contribution in [2.75, 3.05) is 13.7 Å². The largest absolute Gasteiger partial charge is 0.497 e. The lowest BCUT2D eigenvalue weighted by Gasteiger charge is -2.19. The molecular formula is C16H23NO5. The van der Waals surface area contributed by atoms with E-state index in [4.69, 9.17) is 14.6 Å². The van der Waals surface area contributed by atoms with Crippen LogP contribution in [-0.2, 0) is 4.79 Å². The van der Waals surface area contributed by atoms with Crippen molar-refractivity contribution in [2.45, 2.75) is 33.2 Å². The van der Waals surface area contributed by atoms with Crippen LogP contribution in [0.2, 0.25) is 0 Å². The Morgan fingerprint density at radius 2 is 2.00 bits per heavy atom. The second kappa shape index (κ2) is 8.26. The zero-order valence-electron chi connectivity index (χ0n) is 13.4. The van der Waals surface area contributed by atoms with Gasteiger partial charge in [0.2, 0.25) is 0 Å². The Bertz CT molecular complexity index is 529. The summed E-state index contributed by atoms with van der Waals surface area (Å²) >= 11 is 0. The number of carbonyl (C=O) groups is 2. The van der Waals surface area contributed by atoms with Crippen molar-refractivity contribution in [1.29, 1.82) is 0 Å². The van der Waals surface area contributed by atoms with Gasteiger partial charge in [-0.1, -0.05) is 6.92 Å². The molecule has 0 aliphatic carbocycles. The van der Waals surface area contributed by atoms with E-state index in [1.165, 1.54) is 7.11 Å². The van der Waals surface area contributed by atoms with Gasteiger partial charge < -0.3 is 19.9 Å². The van der Waals surface area contributed by atoms with Crippen molar-refractivity contribution in [3.05, 3.63) is 23.8 Å². The molecule has 6 heteroatoms. The summed E-state index contributed by atoms with van der Waals surface area (Å²) in [5, 5.41) is 11.7. The number of methoxy groups -OCH3 is 1. The van der Waals surface area contributed by atoms with Crippen LogP contribution >= 0.6 is 0 Å². The van der Waals surface area contributed by atoms with Crippen molar-refractivity contribution >= 4 is 11.9 Å². The molecule has 0 spiro atoms. The highest BCUT2D eigenvalue weighted by molar-refractivity contribution is 5.97. The minimum Gasteiger partial charge on any atom is -0.497 e. The summed E-state index contributed by atoms with van der Waals surface area (Å²) in [6.07, 6.45) is 0.810. The third-order valence-electron chi connectivity index (χ3n) is 3.39. The van der Waals surface area contributed by atoms with E-state index in [1.54, 1.807) is 32.0 Å². The maximum Gasteiger partial charge on any atom is 0.308 e. The van der Waals surface area contributed by atoms with Gasteiger partial charge in [-0.15, -0.1) is 0 Å². The maximum absolute atomic E-state index is 12.3. The zero-order valence-corrected chi connectivity index (χ0v) is 13.4. The molecule has 0 saturated carbocycles. The number of hydrogen-bond donors (Lipinski definition) is 2. The standard InChI is InChI=1S/C16H23NO5/c1-5-8-22-14-9-12(21-4)6-7-13(14)15(18)17-11(3)10(2)16(19)20/h6-7,9-11H,5,8H2,1-4H3,(H,17,18)(H,19,20). The summed E-state index contributed by atoms with van der Waals surface area (Å²) in [6.45, 7) is 5.66. The zero-order chi connectivity index (χ0) is 16.7. The van der Waals surface area contributed by atoms with Gasteiger partial charge in [0.1, 0.15) is 11.5 Å². The Kier molecular flexibility index (Phi) is 6.69. The van der Waals surface area contributed by atoms with E-state index in [1.807, 2.05) is 6.92 Å². The molecule has 0 aliphatic heterocycles. The molecule has 1 aromatic rings. The lowest BCUT2D eigenvalue weighted by atomic mass is 10.0. The summed E-state index contributed by atoms with van der Waals surface area (Å²) in [4.78, 5) is 23.3. The molecule has 0 aromatic heterocycles. The lowest BCUT2D eigenvalue weighted by Crippen LogP contribution is -2.40. The van der Waals surface area contributed by atoms with Gasteiger partial charge in [-0.25, -0.2) is 0 Å². The minimum absolute atomic E-state index is 0.360. The molecule has 1 amide bonds. The first-order valence-electron chi connectivity index (χ1n) is 7.25. The number of hydrogen-bond acceptors (Lipinski definition) is 4. The highest BCUT2D eigenvalue weighted by Crippen LogP contribution is 2.25. The fourth-order valence-corrected chi connectivity index (χ4v) is 1.77. The third kappa shape index (κ3) is 4.65. The number of nitrogens with one attached hydrogen (secondary N) is 1. The van der Waals surface area contributed by atoms with Gasteiger partial charge in [0.05, 0.1) is 25.2 Å². The van der Waals surface area contributed by atoms with E-state index in [2.05, 4.69) is 5.32 Å². The monoisotopic (exact) mass is 309 g/mol. The van der Waals surface area contributed by atoms with Crippen molar-refractivity contribution in [1.82, 2.24) is 5.32 Å². The van der Waals surface area contributed by atoms with Gasteiger partial charge in [0.25, 0.3) is 5.91 Å². The maximum atomic E-state index is 12.3. The Balaban J connectivity index is 2.93. The van der Waals surface area contributed by atoms with Crippen molar-refractivity contribution in [3.8, 4) is 11.5 Å². The molecule has 0 bridgehead atoms. The Morgan fingerprint density at radius 1 is 1.32 bits per heavy atom. The molecule has 0 aliphatic rings. The minimum atomic E-state index is -0.954. The molecular weight excluding hydrogens is 286 g/mol. The predicted molar refractivity (Wildman–Crippen MR) is 82.5 cm³/mol. The fraction of sp³-hybridized carbons (Fsp3) is 0.500. The Hall–Kier alpha value is -2.24. The number of aliphatic carboxylic acids is 1. The first-order chi connectivity index (χ1) is 10.4. The van der Waals surface area contributed by atoms with Crippen molar-refractivity contribution in [2.24, 2.45) is 5.92 Å². The molecule has 1 aromatic carbocycles. The van der Waals surface area contributed by atoms with Gasteiger partial charge in [-0.2, -0.15) is 0 Å². The van der Waals surface area contributed by atoms with Crippen LogP contribution in [0, 0.1) is 5.92 Å². The summed E-state index contributed by atoms with van der Waals surface area (Å²) < 4.78 is 10.7. The number of amides is 1. The molecule has 22 heavy (non-hydrogen) atoms. The van der Waals surface area contributed by atoms with Crippen molar-refractivity contribution in [3.63, 3.8) is 0 Å². The van der Waals surface area contributed by atoms with Crippen LogP contribution in [0.5, 0.6) is 11.5 Å². The molecule has 2 N–H and O–H groups in total. The predicted octanol–water partition coefficient (Wildman–Crippen LogP) is 2.32. The highest BCUT2D eigenvalue weighted by Gasteiger charge is 2.23. The van der Waals surface area contributed by atoms with Gasteiger partial charge in [0, 0.05) is 12.1 Å². The average Bonchev–Trinajstić information content (AvgIpc) is 2.51. The second-order valence-electron chi connectivity index (χ2n) is 5.10. The SMILES string of the molecule is CCCOc1cc(OC)ccc1C(=O)NC(C)C(C)C(=O)O. The van der Waals surface area contributed by atoms with E-state index in [9.17, 15) is 9.59 Å². The lowest BCUT2D eigenvalue weighted by molar-refractivity contribution is -0.141. The van der Waals surface area contributed by atoms with Crippen LogP contribution in [0.25, 0.3) is 0 Å². The van der Waals surface area contributed by atoms with Crippen LogP contribution in [0.3, 0.4) is 0 Å². The first kappa shape index (κ1) is 17.8. The number of rotatable bonds is 8. The van der Waals surface area contributed by atoms with E-state index in [-0.39, 0.29) is 5.91 Å². The van der Waals surface area contributed by atoms with E-state index < -0.39 is 17.9 Å². The van der Waals surface area contributed by atoms with Crippen LogP contribution < -0.4 is 14.8 Å². The average molecular weight is 309 g/mol. The summed E-state index contributed by atoms with van der Waals surface area (Å²) in [5.41, 5.74) is 0.360. The highest BCUT2D eigenvalue weighted by atomic mass is 16.5. The molecule has 6 nitrogen and oxygen atoms in total. The van der Waals surface area contributed by atoms with Gasteiger partial charge in [-0.3, -0.25) is 9.59 Å². The first-order valence-corrected chi connectivity index (χ1v) is 7.25. The number of carbonyl (C=O) groups excluding carboxylic acids is 1. The van der Waals surface area contributed by atoms with E-state index >= 15 is 0 Å². The van der Waals surface area contributed by atoms with Gasteiger partial charge in [-0.05, 0) is 32.4 Å². The Labute approximate surface area is 130 Å². The van der Waals surface area contributed by atoms with Gasteiger partial charge in [0.15, 0.2) is 0 Å². The fourth-order valence-electron chi connectivity index (χ4n) is 1.77. The molecule has 0 fully saturated rings. The van der Waals surface area contributed by atoms with Crippen LogP contribution in [0.4, 0.5) is 0 Å². The van der Waals surface area contributed by atoms with Crippen LogP contribution in [0.15, 0.2) is 18.2 Å². The molecule has 122 valence electrons. The van der Waals surface area contributed by atoms with E-state index in [0.717, 1.165) is 6.42 Å². The molecule has 1 rings (SSSR count). The molecule has 0 heterocycles. The normalized spacial score (nSPS) is 13.1. The van der Waals surface area contributed by atoms with Crippen LogP contribution in [-0.4, -0.2) is 36.7 Å². The molecule has 2 unspecified atom stereocenters. The molecule has 2 atom stereocenters. The quantitative estimate of drug-likeness (QED) is 0.770. The van der Waals surface area contributed by atoms with Gasteiger partial charge >= 0.3 is 5.97 Å². The number of ether oxygens (including phenoxy) is 2.